The first kappa shape index (κ1) is 27.8. The highest BCUT2D eigenvalue weighted by atomic mass is 16.4. The molecule has 1 aliphatic heterocycles. The van der Waals surface area contributed by atoms with Crippen molar-refractivity contribution in [1.82, 2.24) is 15.5 Å². The van der Waals surface area contributed by atoms with Crippen LogP contribution in [0.25, 0.3) is 0 Å². The SMILES string of the molecule is NCCCCC(NC(=O)C(N)CC(=O)O)C(=O)N1CCCC1C(=O)NC(CC(=O)O)C(=O)O. The topological polar surface area (TPSA) is 242 Å². The van der Waals surface area contributed by atoms with Crippen LogP contribution in [0.5, 0.6) is 0 Å². The maximum Gasteiger partial charge on any atom is 0.326 e. The number of hydrogen-bond acceptors (Lipinski definition) is 8. The van der Waals surface area contributed by atoms with E-state index >= 15 is 0 Å². The van der Waals surface area contributed by atoms with Crippen LogP contribution in [0.1, 0.15) is 44.9 Å². The first-order valence-electron chi connectivity index (χ1n) is 10.5. The van der Waals surface area contributed by atoms with Crippen molar-refractivity contribution in [2.45, 2.75) is 69.1 Å². The molecule has 14 nitrogen and oxygen atoms in total. The summed E-state index contributed by atoms with van der Waals surface area (Å²) in [7, 11) is 0. The van der Waals surface area contributed by atoms with Gasteiger partial charge in [-0.25, -0.2) is 4.79 Å². The Morgan fingerprint density at radius 2 is 1.58 bits per heavy atom. The first-order valence-corrected chi connectivity index (χ1v) is 10.5. The molecule has 14 heteroatoms. The van der Waals surface area contributed by atoms with Crippen LogP contribution < -0.4 is 22.1 Å². The van der Waals surface area contributed by atoms with Crippen LogP contribution in [0.3, 0.4) is 0 Å². The van der Waals surface area contributed by atoms with Gasteiger partial charge < -0.3 is 42.3 Å². The van der Waals surface area contributed by atoms with Crippen molar-refractivity contribution in [1.29, 1.82) is 0 Å². The third-order valence-corrected chi connectivity index (χ3v) is 5.12. The van der Waals surface area contributed by atoms with Crippen molar-refractivity contribution >= 4 is 35.6 Å². The summed E-state index contributed by atoms with van der Waals surface area (Å²) in [5.74, 6) is -6.48. The van der Waals surface area contributed by atoms with E-state index in [9.17, 15) is 28.8 Å². The fourth-order valence-electron chi connectivity index (χ4n) is 3.46. The van der Waals surface area contributed by atoms with Gasteiger partial charge in [-0.3, -0.25) is 24.0 Å². The van der Waals surface area contributed by atoms with E-state index < -0.39 is 72.6 Å². The van der Waals surface area contributed by atoms with E-state index in [-0.39, 0.29) is 19.4 Å². The first-order chi connectivity index (χ1) is 15.5. The summed E-state index contributed by atoms with van der Waals surface area (Å²) in [5.41, 5.74) is 11.0. The number of likely N-dealkylation sites (tertiary alicyclic amines) is 1. The zero-order valence-electron chi connectivity index (χ0n) is 18.1. The van der Waals surface area contributed by atoms with Gasteiger partial charge in [0.1, 0.15) is 18.1 Å². The summed E-state index contributed by atoms with van der Waals surface area (Å²) >= 11 is 0. The van der Waals surface area contributed by atoms with Gasteiger partial charge in [-0.15, -0.1) is 0 Å². The standard InChI is InChI=1S/C19H31N5O9/c20-6-2-1-4-11(22-16(29)10(21)8-14(25)26)18(31)24-7-3-5-13(24)17(30)23-12(19(32)33)9-15(27)28/h10-13H,1-9,20-21H2,(H,22,29)(H,23,30)(H,25,26)(H,27,28)(H,32,33). The second-order valence-electron chi connectivity index (χ2n) is 7.74. The molecule has 1 fully saturated rings. The van der Waals surface area contributed by atoms with Gasteiger partial charge in [-0.05, 0) is 38.6 Å². The van der Waals surface area contributed by atoms with Crippen molar-refractivity contribution in [3.8, 4) is 0 Å². The number of aliphatic carboxylic acids is 3. The number of hydrogen-bond donors (Lipinski definition) is 7. The van der Waals surface area contributed by atoms with Gasteiger partial charge >= 0.3 is 17.9 Å². The summed E-state index contributed by atoms with van der Waals surface area (Å²) in [4.78, 5) is 72.2. The number of unbranched alkanes of at least 4 members (excludes halogenated alkanes) is 1. The molecule has 33 heavy (non-hydrogen) atoms. The molecule has 0 aromatic rings. The van der Waals surface area contributed by atoms with Crippen LogP contribution in [-0.4, -0.2) is 93.1 Å². The van der Waals surface area contributed by atoms with Crippen molar-refractivity contribution in [2.24, 2.45) is 11.5 Å². The predicted octanol–water partition coefficient (Wildman–Crippen LogP) is -2.56. The van der Waals surface area contributed by atoms with Crippen molar-refractivity contribution in [3.05, 3.63) is 0 Å². The van der Waals surface area contributed by atoms with E-state index in [4.69, 9.17) is 26.8 Å². The molecule has 0 bridgehead atoms. The number of amides is 3. The number of carboxylic acid groups (broad SMARTS) is 3. The van der Waals surface area contributed by atoms with Crippen LogP contribution in [0.15, 0.2) is 0 Å². The highest BCUT2D eigenvalue weighted by molar-refractivity contribution is 5.95. The highest BCUT2D eigenvalue weighted by Crippen LogP contribution is 2.20. The molecule has 1 heterocycles. The second-order valence-corrected chi connectivity index (χ2v) is 7.74. The lowest BCUT2D eigenvalue weighted by atomic mass is 10.1. The average molecular weight is 473 g/mol. The Hall–Kier alpha value is -3.26. The molecule has 1 rings (SSSR count). The van der Waals surface area contributed by atoms with Gasteiger partial charge in [0.25, 0.3) is 0 Å². The van der Waals surface area contributed by atoms with E-state index in [2.05, 4.69) is 10.6 Å². The van der Waals surface area contributed by atoms with Crippen LogP contribution in [0, 0.1) is 0 Å². The van der Waals surface area contributed by atoms with E-state index in [0.29, 0.717) is 25.8 Å². The fraction of sp³-hybridized carbons (Fsp3) is 0.684. The maximum absolute atomic E-state index is 13.2. The molecule has 0 spiro atoms. The third-order valence-electron chi connectivity index (χ3n) is 5.12. The van der Waals surface area contributed by atoms with E-state index in [1.165, 1.54) is 4.90 Å². The minimum absolute atomic E-state index is 0.165. The quantitative estimate of drug-likeness (QED) is 0.129. The number of carbonyl (C=O) groups is 6. The Balaban J connectivity index is 2.95. The molecule has 4 unspecified atom stereocenters. The average Bonchev–Trinajstić information content (AvgIpc) is 3.21. The summed E-state index contributed by atoms with van der Waals surface area (Å²) in [5, 5.41) is 31.4. The van der Waals surface area contributed by atoms with Gasteiger partial charge in [0.05, 0.1) is 18.9 Å². The zero-order chi connectivity index (χ0) is 25.1. The molecule has 1 saturated heterocycles. The lowest BCUT2D eigenvalue weighted by Gasteiger charge is -2.30. The van der Waals surface area contributed by atoms with Crippen molar-refractivity contribution in [2.75, 3.05) is 13.1 Å². The number of carboxylic acids is 3. The summed E-state index contributed by atoms with van der Waals surface area (Å²) in [6.45, 7) is 0.514. The zero-order valence-corrected chi connectivity index (χ0v) is 18.1. The fourth-order valence-corrected chi connectivity index (χ4v) is 3.46. The summed E-state index contributed by atoms with van der Waals surface area (Å²) in [6.07, 6.45) is 0.377. The molecular weight excluding hydrogens is 442 g/mol. The molecule has 0 saturated carbocycles. The normalized spacial score (nSPS) is 18.1. The Morgan fingerprint density at radius 1 is 0.939 bits per heavy atom. The molecular formula is C19H31N5O9. The van der Waals surface area contributed by atoms with E-state index in [1.54, 1.807) is 0 Å². The number of nitrogens with one attached hydrogen (secondary N) is 2. The number of nitrogens with zero attached hydrogens (tertiary/aromatic N) is 1. The molecule has 9 N–H and O–H groups in total. The van der Waals surface area contributed by atoms with E-state index in [0.717, 1.165) is 0 Å². The van der Waals surface area contributed by atoms with Crippen molar-refractivity contribution < 1.29 is 44.1 Å². The van der Waals surface area contributed by atoms with Crippen molar-refractivity contribution in [3.63, 3.8) is 0 Å². The van der Waals surface area contributed by atoms with Gasteiger partial charge in [0.2, 0.25) is 17.7 Å². The van der Waals surface area contributed by atoms with Gasteiger partial charge in [0.15, 0.2) is 0 Å². The molecule has 186 valence electrons. The highest BCUT2D eigenvalue weighted by Gasteiger charge is 2.39. The Bertz CT molecular complexity index is 760. The van der Waals surface area contributed by atoms with E-state index in [1.807, 2.05) is 0 Å². The second kappa shape index (κ2) is 13.3. The molecule has 4 atom stereocenters. The smallest absolute Gasteiger partial charge is 0.326 e. The number of nitrogens with two attached hydrogens (primary N) is 2. The number of rotatable bonds is 14. The Morgan fingerprint density at radius 3 is 2.12 bits per heavy atom. The Kier molecular flexibility index (Phi) is 11.2. The molecule has 0 aromatic carbocycles. The Labute approximate surface area is 189 Å². The predicted molar refractivity (Wildman–Crippen MR) is 112 cm³/mol. The molecule has 0 radical (unpaired) electrons. The lowest BCUT2D eigenvalue weighted by Crippen LogP contribution is -2.57. The molecule has 0 aliphatic carbocycles. The molecule has 3 amide bonds. The maximum atomic E-state index is 13.2. The van der Waals surface area contributed by atoms with Gasteiger partial charge in [-0.2, -0.15) is 0 Å². The van der Waals surface area contributed by atoms with Gasteiger partial charge in [-0.1, -0.05) is 0 Å². The molecule has 0 aromatic heterocycles. The third kappa shape index (κ3) is 9.02. The van der Waals surface area contributed by atoms with Crippen LogP contribution in [0.4, 0.5) is 0 Å². The minimum Gasteiger partial charge on any atom is -0.481 e. The summed E-state index contributed by atoms with van der Waals surface area (Å²) < 4.78 is 0. The summed E-state index contributed by atoms with van der Waals surface area (Å²) in [6, 6.07) is -5.18. The largest absolute Gasteiger partial charge is 0.481 e. The molecule has 1 aliphatic rings. The van der Waals surface area contributed by atoms with Crippen LogP contribution in [0.2, 0.25) is 0 Å². The van der Waals surface area contributed by atoms with Crippen LogP contribution >= 0.6 is 0 Å². The van der Waals surface area contributed by atoms with Crippen LogP contribution in [-0.2, 0) is 28.8 Å². The van der Waals surface area contributed by atoms with Gasteiger partial charge in [0, 0.05) is 6.54 Å². The minimum atomic E-state index is -1.67. The lowest BCUT2D eigenvalue weighted by molar-refractivity contribution is -0.148. The monoisotopic (exact) mass is 473 g/mol. The number of carbonyl (C=O) groups excluding carboxylic acids is 3.